The molecule has 0 aromatic heterocycles. The van der Waals surface area contributed by atoms with E-state index < -0.39 is 48.3 Å². The van der Waals surface area contributed by atoms with Crippen molar-refractivity contribution in [1.82, 2.24) is 10.6 Å². The van der Waals surface area contributed by atoms with Gasteiger partial charge in [-0.2, -0.15) is 11.8 Å². The lowest BCUT2D eigenvalue weighted by atomic mass is 10.0. The molecule has 0 radical (unpaired) electrons. The van der Waals surface area contributed by atoms with E-state index in [2.05, 4.69) is 10.6 Å². The van der Waals surface area contributed by atoms with E-state index >= 15 is 0 Å². The van der Waals surface area contributed by atoms with Gasteiger partial charge in [-0.05, 0) is 37.2 Å². The highest BCUT2D eigenvalue weighted by Gasteiger charge is 2.28. The molecule has 150 valence electrons. The molecule has 0 spiro atoms. The van der Waals surface area contributed by atoms with Crippen LogP contribution in [0, 0.1) is 5.92 Å². The molecule has 6 N–H and O–H groups in total. The molecule has 26 heavy (non-hydrogen) atoms. The summed E-state index contributed by atoms with van der Waals surface area (Å²) in [7, 11) is 0. The first-order valence-electron chi connectivity index (χ1n) is 8.38. The van der Waals surface area contributed by atoms with Gasteiger partial charge in [0.15, 0.2) is 0 Å². The highest BCUT2D eigenvalue weighted by atomic mass is 32.2. The SMILES string of the molecule is CSCC[C@H](N)C(=O)N[C@@H](CC(C)C)C(=O)N[C@@H](CCC(=O)O)C(=O)O. The van der Waals surface area contributed by atoms with Crippen molar-refractivity contribution in [2.24, 2.45) is 11.7 Å². The Bertz CT molecular complexity index is 500. The van der Waals surface area contributed by atoms with Gasteiger partial charge < -0.3 is 26.6 Å². The van der Waals surface area contributed by atoms with Gasteiger partial charge in [0, 0.05) is 6.42 Å². The van der Waals surface area contributed by atoms with Crippen LogP contribution in [0.25, 0.3) is 0 Å². The van der Waals surface area contributed by atoms with Crippen molar-refractivity contribution >= 4 is 35.5 Å². The van der Waals surface area contributed by atoms with E-state index in [-0.39, 0.29) is 12.3 Å². The molecule has 0 unspecified atom stereocenters. The summed E-state index contributed by atoms with van der Waals surface area (Å²) in [6.45, 7) is 3.72. The Balaban J connectivity index is 4.97. The van der Waals surface area contributed by atoms with Crippen LogP contribution in [0.1, 0.15) is 39.5 Å². The number of nitrogens with one attached hydrogen (secondary N) is 2. The number of amides is 2. The van der Waals surface area contributed by atoms with Gasteiger partial charge in [0.2, 0.25) is 11.8 Å². The number of carboxylic acid groups (broad SMARTS) is 2. The van der Waals surface area contributed by atoms with Gasteiger partial charge in [-0.3, -0.25) is 14.4 Å². The molecule has 0 aliphatic rings. The normalized spacial score (nSPS) is 14.3. The largest absolute Gasteiger partial charge is 0.481 e. The molecule has 0 rings (SSSR count). The number of aliphatic carboxylic acids is 2. The zero-order valence-electron chi connectivity index (χ0n) is 15.4. The summed E-state index contributed by atoms with van der Waals surface area (Å²) in [5.41, 5.74) is 5.80. The lowest BCUT2D eigenvalue weighted by molar-refractivity contribution is -0.143. The molecule has 0 fully saturated rings. The molecule has 0 aliphatic carbocycles. The lowest BCUT2D eigenvalue weighted by Gasteiger charge is -2.24. The standard InChI is InChI=1S/C16H29N3O6S/c1-9(2)8-12(19-14(22)10(17)6-7-26-3)15(23)18-11(16(24)25)4-5-13(20)21/h9-12H,4-8,17H2,1-3H3,(H,18,23)(H,19,22)(H,20,21)(H,24,25)/t10-,11-,12-/m0/s1. The van der Waals surface area contributed by atoms with E-state index in [0.29, 0.717) is 18.6 Å². The summed E-state index contributed by atoms with van der Waals surface area (Å²) in [4.78, 5) is 46.4. The first-order chi connectivity index (χ1) is 12.1. The van der Waals surface area contributed by atoms with E-state index in [1.807, 2.05) is 20.1 Å². The Morgan fingerprint density at radius 1 is 1.00 bits per heavy atom. The molecular formula is C16H29N3O6S. The number of hydrogen-bond donors (Lipinski definition) is 5. The number of thioether (sulfide) groups is 1. The van der Waals surface area contributed by atoms with Gasteiger partial charge in [0.05, 0.1) is 6.04 Å². The summed E-state index contributed by atoms with van der Waals surface area (Å²) in [6, 6.07) is -3.03. The minimum absolute atomic E-state index is 0.0655. The molecule has 10 heteroatoms. The summed E-state index contributed by atoms with van der Waals surface area (Å²) in [5.74, 6) is -2.86. The third kappa shape index (κ3) is 10.2. The molecule has 0 saturated carbocycles. The molecule has 0 heterocycles. The van der Waals surface area contributed by atoms with Crippen LogP contribution in [0.2, 0.25) is 0 Å². The van der Waals surface area contributed by atoms with Crippen molar-refractivity contribution < 1.29 is 29.4 Å². The van der Waals surface area contributed by atoms with Crippen molar-refractivity contribution in [3.63, 3.8) is 0 Å². The van der Waals surface area contributed by atoms with Crippen molar-refractivity contribution in [3.05, 3.63) is 0 Å². The fraction of sp³-hybridized carbons (Fsp3) is 0.750. The molecule has 0 aromatic carbocycles. The van der Waals surface area contributed by atoms with Crippen LogP contribution in [0.5, 0.6) is 0 Å². The predicted molar refractivity (Wildman–Crippen MR) is 98.8 cm³/mol. The molecule has 0 aromatic rings. The van der Waals surface area contributed by atoms with Crippen LogP contribution >= 0.6 is 11.8 Å². The van der Waals surface area contributed by atoms with Gasteiger partial charge in [-0.15, -0.1) is 0 Å². The van der Waals surface area contributed by atoms with E-state index in [4.69, 9.17) is 15.9 Å². The van der Waals surface area contributed by atoms with Crippen LogP contribution in [0.3, 0.4) is 0 Å². The van der Waals surface area contributed by atoms with Crippen LogP contribution in [0.15, 0.2) is 0 Å². The minimum atomic E-state index is -1.34. The number of hydrogen-bond acceptors (Lipinski definition) is 6. The maximum absolute atomic E-state index is 12.4. The summed E-state index contributed by atoms with van der Waals surface area (Å²) >= 11 is 1.55. The number of nitrogens with two attached hydrogens (primary N) is 1. The maximum atomic E-state index is 12.4. The molecule has 9 nitrogen and oxygen atoms in total. The maximum Gasteiger partial charge on any atom is 0.326 e. The van der Waals surface area contributed by atoms with Crippen LogP contribution in [0.4, 0.5) is 0 Å². The van der Waals surface area contributed by atoms with Crippen molar-refractivity contribution in [2.75, 3.05) is 12.0 Å². The number of carbonyl (C=O) groups is 4. The smallest absolute Gasteiger partial charge is 0.326 e. The number of carbonyl (C=O) groups excluding carboxylic acids is 2. The molecule has 3 atom stereocenters. The second-order valence-corrected chi connectivity index (χ2v) is 7.40. The van der Waals surface area contributed by atoms with Gasteiger partial charge in [0.1, 0.15) is 12.1 Å². The highest BCUT2D eigenvalue weighted by Crippen LogP contribution is 2.08. The third-order valence-electron chi connectivity index (χ3n) is 3.57. The quantitative estimate of drug-likeness (QED) is 0.294. The summed E-state index contributed by atoms with van der Waals surface area (Å²) in [5, 5.41) is 22.7. The molecule has 0 bridgehead atoms. The second-order valence-electron chi connectivity index (χ2n) is 6.41. The Morgan fingerprint density at radius 3 is 2.04 bits per heavy atom. The molecule has 2 amide bonds. The highest BCUT2D eigenvalue weighted by molar-refractivity contribution is 7.98. The Hall–Kier alpha value is -1.81. The van der Waals surface area contributed by atoms with E-state index in [1.165, 1.54) is 0 Å². The van der Waals surface area contributed by atoms with Gasteiger partial charge >= 0.3 is 11.9 Å². The lowest BCUT2D eigenvalue weighted by Crippen LogP contribution is -2.54. The Labute approximate surface area is 157 Å². The van der Waals surface area contributed by atoms with Crippen molar-refractivity contribution in [3.8, 4) is 0 Å². The minimum Gasteiger partial charge on any atom is -0.481 e. The average Bonchev–Trinajstić information content (AvgIpc) is 2.54. The number of carboxylic acids is 2. The first kappa shape index (κ1) is 24.2. The van der Waals surface area contributed by atoms with Gasteiger partial charge in [-0.1, -0.05) is 13.8 Å². The predicted octanol–water partition coefficient (Wildman–Crippen LogP) is 0.0319. The van der Waals surface area contributed by atoms with E-state index in [9.17, 15) is 19.2 Å². The second kappa shape index (κ2) is 12.5. The molecule has 0 saturated heterocycles. The monoisotopic (exact) mass is 391 g/mol. The summed E-state index contributed by atoms with van der Waals surface area (Å²) in [6.07, 6.45) is 2.02. The van der Waals surface area contributed by atoms with Gasteiger partial charge in [-0.25, -0.2) is 4.79 Å². The zero-order valence-corrected chi connectivity index (χ0v) is 16.2. The third-order valence-corrected chi connectivity index (χ3v) is 4.22. The van der Waals surface area contributed by atoms with E-state index in [0.717, 1.165) is 0 Å². The molecular weight excluding hydrogens is 362 g/mol. The van der Waals surface area contributed by atoms with Crippen LogP contribution in [-0.2, 0) is 19.2 Å². The zero-order chi connectivity index (χ0) is 20.3. The van der Waals surface area contributed by atoms with Crippen molar-refractivity contribution in [1.29, 1.82) is 0 Å². The van der Waals surface area contributed by atoms with Crippen molar-refractivity contribution in [2.45, 2.75) is 57.7 Å². The fourth-order valence-electron chi connectivity index (χ4n) is 2.16. The summed E-state index contributed by atoms with van der Waals surface area (Å²) < 4.78 is 0. The van der Waals surface area contributed by atoms with Crippen LogP contribution in [-0.4, -0.2) is 64.1 Å². The molecule has 0 aliphatic heterocycles. The van der Waals surface area contributed by atoms with Crippen LogP contribution < -0.4 is 16.4 Å². The topological polar surface area (TPSA) is 159 Å². The number of rotatable bonds is 13. The Morgan fingerprint density at radius 2 is 1.58 bits per heavy atom. The fourth-order valence-corrected chi connectivity index (χ4v) is 2.64. The average molecular weight is 391 g/mol. The Kier molecular flexibility index (Phi) is 11.7. The van der Waals surface area contributed by atoms with Gasteiger partial charge in [0.25, 0.3) is 0 Å². The first-order valence-corrected chi connectivity index (χ1v) is 9.77. The van der Waals surface area contributed by atoms with E-state index in [1.54, 1.807) is 11.8 Å².